The third-order valence-electron chi connectivity index (χ3n) is 1.44. The van der Waals surface area contributed by atoms with E-state index in [4.69, 9.17) is 0 Å². The second kappa shape index (κ2) is 4.53. The fourth-order valence-corrected chi connectivity index (χ4v) is 0.812. The lowest BCUT2D eigenvalue weighted by Crippen LogP contribution is -2.47. The molecule has 0 atom stereocenters. The molecule has 1 fully saturated rings. The van der Waals surface area contributed by atoms with Gasteiger partial charge in [-0.25, -0.2) is 20.2 Å². The van der Waals surface area contributed by atoms with Crippen molar-refractivity contribution in [1.29, 1.82) is 0 Å². The van der Waals surface area contributed by atoms with Gasteiger partial charge in [-0.1, -0.05) is 10.0 Å². The Bertz CT molecular complexity index is 212. The monoisotopic (exact) mass is 208 g/mol. The Balaban J connectivity index is 2.59. The molecule has 14 heavy (non-hydrogen) atoms. The molecule has 0 aliphatic carbocycles. The van der Waals surface area contributed by atoms with Gasteiger partial charge < -0.3 is 9.47 Å². The molecular formula is C4H8N4O6. The molecule has 1 rings (SSSR count). The first-order valence-electron chi connectivity index (χ1n) is 3.55. The van der Waals surface area contributed by atoms with Crippen molar-refractivity contribution >= 4 is 0 Å². The Morgan fingerprint density at radius 1 is 1.00 bits per heavy atom. The molecule has 0 aromatic rings. The molecule has 0 unspecified atom stereocenters. The molecule has 1 aliphatic heterocycles. The van der Waals surface area contributed by atoms with E-state index in [1.54, 1.807) is 0 Å². The van der Waals surface area contributed by atoms with Gasteiger partial charge in [-0.15, -0.1) is 0 Å². The zero-order chi connectivity index (χ0) is 10.6. The lowest BCUT2D eigenvalue weighted by molar-refractivity contribution is -0.725. The number of hydrogen-bond donors (Lipinski definition) is 0. The zero-order valence-electron chi connectivity index (χ0n) is 7.07. The van der Waals surface area contributed by atoms with E-state index < -0.39 is 16.7 Å². The fraction of sp³-hybridized carbons (Fsp3) is 1.00. The lowest BCUT2D eigenvalue weighted by atomic mass is 10.8. The van der Waals surface area contributed by atoms with E-state index in [2.05, 4.69) is 9.47 Å². The van der Waals surface area contributed by atoms with Crippen molar-refractivity contribution in [3.8, 4) is 0 Å². The topological polar surface area (TPSA) is 111 Å². The Labute approximate surface area is 77.8 Å². The van der Waals surface area contributed by atoms with Gasteiger partial charge in [-0.05, 0) is 0 Å². The van der Waals surface area contributed by atoms with Crippen molar-refractivity contribution in [2.24, 2.45) is 0 Å². The van der Waals surface area contributed by atoms with E-state index in [0.717, 1.165) is 0 Å². The van der Waals surface area contributed by atoms with E-state index >= 15 is 0 Å². The molecule has 0 N–H and O–H groups in total. The maximum Gasteiger partial charge on any atom is 0.213 e. The van der Waals surface area contributed by atoms with Crippen LogP contribution in [0.25, 0.3) is 0 Å². The highest BCUT2D eigenvalue weighted by molar-refractivity contribution is 4.37. The van der Waals surface area contributed by atoms with E-state index in [9.17, 15) is 20.2 Å². The molecule has 1 heterocycles. The van der Waals surface area contributed by atoms with Crippen LogP contribution in [0.1, 0.15) is 0 Å². The van der Waals surface area contributed by atoms with Crippen LogP contribution in [0, 0.1) is 20.2 Å². The Morgan fingerprint density at radius 3 is 1.79 bits per heavy atom. The molecule has 0 bridgehead atoms. The summed E-state index contributed by atoms with van der Waals surface area (Å²) in [5, 5.41) is 20.3. The van der Waals surface area contributed by atoms with Gasteiger partial charge in [-0.3, -0.25) is 0 Å². The molecular weight excluding hydrogens is 200 g/mol. The SMILES string of the molecule is O=[N+]([O-])N1COCOCN([N+](=O)[O-])C1. The first kappa shape index (κ1) is 10.4. The average Bonchev–Trinajstić information content (AvgIpc) is 2.01. The minimum absolute atomic E-state index is 0.214. The quantitative estimate of drug-likeness (QED) is 0.413. The van der Waals surface area contributed by atoms with Crippen LogP contribution in [0.15, 0.2) is 0 Å². The summed E-state index contributed by atoms with van der Waals surface area (Å²) < 4.78 is 9.38. The van der Waals surface area contributed by atoms with Gasteiger partial charge in [0.15, 0.2) is 30.3 Å². The third-order valence-corrected chi connectivity index (χ3v) is 1.44. The molecule has 1 aliphatic rings. The molecule has 1 saturated heterocycles. The van der Waals surface area contributed by atoms with Crippen LogP contribution in [-0.2, 0) is 9.47 Å². The number of nitrogens with zero attached hydrogens (tertiary/aromatic N) is 4. The highest BCUT2D eigenvalue weighted by Crippen LogP contribution is 2.00. The van der Waals surface area contributed by atoms with Gasteiger partial charge in [0.05, 0.1) is 0 Å². The van der Waals surface area contributed by atoms with Crippen LogP contribution in [0.5, 0.6) is 0 Å². The van der Waals surface area contributed by atoms with Crippen molar-refractivity contribution < 1.29 is 19.5 Å². The van der Waals surface area contributed by atoms with Crippen molar-refractivity contribution in [1.82, 2.24) is 10.0 Å². The molecule has 0 aromatic carbocycles. The van der Waals surface area contributed by atoms with Crippen molar-refractivity contribution in [3.05, 3.63) is 20.2 Å². The largest absolute Gasteiger partial charge is 0.329 e. The van der Waals surface area contributed by atoms with Gasteiger partial charge in [-0.2, -0.15) is 0 Å². The molecule has 0 saturated carbocycles. The van der Waals surface area contributed by atoms with Crippen molar-refractivity contribution in [2.75, 3.05) is 26.9 Å². The normalized spacial score (nSPS) is 18.6. The minimum atomic E-state index is -0.762. The molecule has 0 amide bonds. The van der Waals surface area contributed by atoms with E-state index in [0.29, 0.717) is 10.0 Å². The molecule has 0 aromatic heterocycles. The summed E-state index contributed by atoms with van der Waals surface area (Å²) in [6.45, 7) is -1.40. The second-order valence-electron chi connectivity index (χ2n) is 2.41. The van der Waals surface area contributed by atoms with Gasteiger partial charge in [0, 0.05) is 0 Å². The van der Waals surface area contributed by atoms with Crippen LogP contribution in [0.3, 0.4) is 0 Å². The third kappa shape index (κ3) is 2.67. The maximum absolute atomic E-state index is 10.3. The second-order valence-corrected chi connectivity index (χ2v) is 2.41. The Hall–Kier alpha value is -1.68. The lowest BCUT2D eigenvalue weighted by Gasteiger charge is -2.21. The molecule has 10 nitrogen and oxygen atoms in total. The standard InChI is InChI=1S/C4H8N4O6/c9-7(10)5-1-6(8(11)12)3-14-4-13-2-5/h1-4H2. The van der Waals surface area contributed by atoms with Crippen LogP contribution in [0.2, 0.25) is 0 Å². The first-order valence-corrected chi connectivity index (χ1v) is 3.55. The van der Waals surface area contributed by atoms with Crippen LogP contribution in [0.4, 0.5) is 0 Å². The van der Waals surface area contributed by atoms with E-state index in [1.165, 1.54) is 0 Å². The van der Waals surface area contributed by atoms with Gasteiger partial charge in [0.25, 0.3) is 0 Å². The van der Waals surface area contributed by atoms with Gasteiger partial charge in [0.2, 0.25) is 6.67 Å². The fourth-order valence-electron chi connectivity index (χ4n) is 0.812. The molecule has 10 heteroatoms. The van der Waals surface area contributed by atoms with Crippen molar-refractivity contribution in [2.45, 2.75) is 0 Å². The molecule has 0 radical (unpaired) electrons. The average molecular weight is 208 g/mol. The summed E-state index contributed by atoms with van der Waals surface area (Å²) in [6.07, 6.45) is 0. The summed E-state index contributed by atoms with van der Waals surface area (Å²) in [5.41, 5.74) is 0. The first-order chi connectivity index (χ1) is 6.61. The van der Waals surface area contributed by atoms with Crippen molar-refractivity contribution in [3.63, 3.8) is 0 Å². The summed E-state index contributed by atoms with van der Waals surface area (Å²) in [6, 6.07) is 0. The smallest absolute Gasteiger partial charge is 0.213 e. The predicted octanol–water partition coefficient (Wildman–Crippen LogP) is -1.15. The summed E-state index contributed by atoms with van der Waals surface area (Å²) in [7, 11) is 0. The Morgan fingerprint density at radius 2 is 1.43 bits per heavy atom. The van der Waals surface area contributed by atoms with E-state index in [-0.39, 0.29) is 20.3 Å². The minimum Gasteiger partial charge on any atom is -0.329 e. The summed E-state index contributed by atoms with van der Waals surface area (Å²) >= 11 is 0. The molecule has 0 spiro atoms. The molecule has 80 valence electrons. The highest BCUT2D eigenvalue weighted by atomic mass is 16.7. The number of ether oxygens (including phenoxy) is 2. The Kier molecular flexibility index (Phi) is 3.36. The number of nitro groups is 2. The van der Waals surface area contributed by atoms with Gasteiger partial charge in [0.1, 0.15) is 0 Å². The van der Waals surface area contributed by atoms with Crippen LogP contribution in [-0.4, -0.2) is 47.0 Å². The predicted molar refractivity (Wildman–Crippen MR) is 39.3 cm³/mol. The summed E-state index contributed by atoms with van der Waals surface area (Å²) in [5.74, 6) is 0. The number of rotatable bonds is 2. The maximum atomic E-state index is 10.3. The van der Waals surface area contributed by atoms with Crippen LogP contribution >= 0.6 is 0 Å². The number of hydrazine groups is 2. The van der Waals surface area contributed by atoms with Crippen LogP contribution < -0.4 is 0 Å². The summed E-state index contributed by atoms with van der Waals surface area (Å²) in [4.78, 5) is 20.7. The van der Waals surface area contributed by atoms with Gasteiger partial charge >= 0.3 is 0 Å². The number of hydrogen-bond acceptors (Lipinski definition) is 6. The van der Waals surface area contributed by atoms with E-state index in [1.807, 2.05) is 0 Å². The highest BCUT2D eigenvalue weighted by Gasteiger charge is 2.26. The zero-order valence-corrected chi connectivity index (χ0v) is 7.07.